The smallest absolute Gasteiger partial charge is 0.265 e. The number of ketones is 1. The molecule has 0 bridgehead atoms. The quantitative estimate of drug-likeness (QED) is 0.512. The van der Waals surface area contributed by atoms with Crippen LogP contribution in [0.1, 0.15) is 36.5 Å². The lowest BCUT2D eigenvalue weighted by molar-refractivity contribution is -0.123. The Balaban J connectivity index is 1.60. The van der Waals surface area contributed by atoms with Crippen molar-refractivity contribution in [2.75, 3.05) is 18.5 Å². The lowest BCUT2D eigenvalue weighted by Crippen LogP contribution is -2.52. The molecule has 11 nitrogen and oxygen atoms in total. The van der Waals surface area contributed by atoms with E-state index in [2.05, 4.69) is 5.32 Å². The molecule has 2 heterocycles. The number of piperidine rings is 1. The van der Waals surface area contributed by atoms with E-state index in [0.717, 1.165) is 10.4 Å². The number of amides is 2. The van der Waals surface area contributed by atoms with Gasteiger partial charge in [-0.1, -0.05) is 30.2 Å². The fourth-order valence-corrected chi connectivity index (χ4v) is 7.21. The molecule has 0 aliphatic carbocycles. The highest BCUT2D eigenvalue weighted by Crippen LogP contribution is 2.36. The van der Waals surface area contributed by atoms with Crippen LogP contribution >= 0.6 is 11.6 Å². The fourth-order valence-electron chi connectivity index (χ4n) is 3.99. The molecule has 1 atom stereocenters. The van der Waals surface area contributed by atoms with Crippen molar-refractivity contribution in [2.24, 2.45) is 0 Å². The molecule has 2 aromatic rings. The first-order valence-corrected chi connectivity index (χ1v) is 14.2. The molecule has 1 fully saturated rings. The summed E-state index contributed by atoms with van der Waals surface area (Å²) in [5.74, 6) is -1.63. The molecule has 1 saturated heterocycles. The number of ether oxygens (including phenoxy) is 1. The van der Waals surface area contributed by atoms with Crippen LogP contribution in [0, 0.1) is 0 Å². The lowest BCUT2D eigenvalue weighted by Gasteiger charge is -2.33. The number of nitrogens with one attached hydrogen (secondary N) is 2. The Labute approximate surface area is 212 Å². The maximum Gasteiger partial charge on any atom is 0.265 e. The summed E-state index contributed by atoms with van der Waals surface area (Å²) in [6.45, 7) is 1.05. The third-order valence-corrected chi connectivity index (χ3v) is 9.55. The Kier molecular flexibility index (Phi) is 7.10. The average Bonchev–Trinajstić information content (AvgIpc) is 2.83. The number of fused-ring (bicyclic) bond motifs is 1. The number of benzene rings is 2. The molecule has 2 aliphatic rings. The molecule has 192 valence electrons. The Bertz CT molecular complexity index is 1460. The van der Waals surface area contributed by atoms with Crippen molar-refractivity contribution < 1.29 is 36.0 Å². The summed E-state index contributed by atoms with van der Waals surface area (Å²) in [5.41, 5.74) is 0.514. The van der Waals surface area contributed by atoms with Gasteiger partial charge in [-0.2, -0.15) is 4.31 Å². The predicted octanol–water partition coefficient (Wildman–Crippen LogP) is 1.92. The van der Waals surface area contributed by atoms with Gasteiger partial charge in [0.15, 0.2) is 12.4 Å². The molecule has 1 unspecified atom stereocenters. The van der Waals surface area contributed by atoms with Gasteiger partial charge in [0.2, 0.25) is 10.0 Å². The van der Waals surface area contributed by atoms with Gasteiger partial charge in [0.1, 0.15) is 16.7 Å². The summed E-state index contributed by atoms with van der Waals surface area (Å²) >= 11 is 6.11. The lowest BCUT2D eigenvalue weighted by atomic mass is 10.0. The van der Waals surface area contributed by atoms with E-state index in [0.29, 0.717) is 18.4 Å². The molecule has 2 aromatic carbocycles. The summed E-state index contributed by atoms with van der Waals surface area (Å²) in [6, 6.07) is 6.30. The first-order chi connectivity index (χ1) is 16.9. The van der Waals surface area contributed by atoms with Crippen LogP contribution in [0.15, 0.2) is 46.2 Å². The minimum Gasteiger partial charge on any atom is -0.482 e. The van der Waals surface area contributed by atoms with E-state index in [9.17, 15) is 31.2 Å². The van der Waals surface area contributed by atoms with E-state index in [1.807, 2.05) is 4.72 Å². The van der Waals surface area contributed by atoms with Gasteiger partial charge in [-0.15, -0.1) is 0 Å². The Morgan fingerprint density at radius 2 is 1.81 bits per heavy atom. The number of anilines is 1. The Hall–Kier alpha value is -3.00. The van der Waals surface area contributed by atoms with Crippen molar-refractivity contribution >= 4 is 54.9 Å². The molecule has 0 radical (unpaired) electrons. The molecule has 2 N–H and O–H groups in total. The average molecular weight is 556 g/mol. The van der Waals surface area contributed by atoms with Gasteiger partial charge in [0.05, 0.1) is 15.6 Å². The molecule has 0 aromatic heterocycles. The second kappa shape index (κ2) is 9.81. The molecular weight excluding hydrogens is 534 g/mol. The highest BCUT2D eigenvalue weighted by Gasteiger charge is 2.39. The molecule has 0 saturated carbocycles. The van der Waals surface area contributed by atoms with Crippen molar-refractivity contribution in [3.63, 3.8) is 0 Å². The number of hydrogen-bond acceptors (Lipinski definition) is 8. The number of rotatable bonds is 6. The molecule has 14 heteroatoms. The van der Waals surface area contributed by atoms with E-state index < -0.39 is 42.8 Å². The minimum atomic E-state index is -4.52. The van der Waals surface area contributed by atoms with Crippen molar-refractivity contribution in [2.45, 2.75) is 42.0 Å². The van der Waals surface area contributed by atoms with E-state index in [4.69, 9.17) is 16.3 Å². The monoisotopic (exact) mass is 555 g/mol. The number of halogens is 1. The number of sulfonamides is 2. The molecule has 2 amide bonds. The summed E-state index contributed by atoms with van der Waals surface area (Å²) in [6.07, 6.45) is 1.11. The minimum absolute atomic E-state index is 0.0159. The van der Waals surface area contributed by atoms with E-state index in [-0.39, 0.29) is 46.7 Å². The van der Waals surface area contributed by atoms with Crippen LogP contribution in [0.2, 0.25) is 5.02 Å². The number of carbonyl (C=O) groups excluding carboxylic acids is 3. The van der Waals surface area contributed by atoms with Crippen molar-refractivity contribution in [1.29, 1.82) is 0 Å². The largest absolute Gasteiger partial charge is 0.482 e. The zero-order valence-corrected chi connectivity index (χ0v) is 21.4. The topological polar surface area (TPSA) is 156 Å². The summed E-state index contributed by atoms with van der Waals surface area (Å²) < 4.78 is 60.8. The van der Waals surface area contributed by atoms with Gasteiger partial charge in [-0.25, -0.2) is 21.6 Å². The van der Waals surface area contributed by atoms with E-state index in [1.165, 1.54) is 37.3 Å². The Morgan fingerprint density at radius 3 is 2.47 bits per heavy atom. The Morgan fingerprint density at radius 1 is 1.11 bits per heavy atom. The van der Waals surface area contributed by atoms with Crippen molar-refractivity contribution in [1.82, 2.24) is 9.03 Å². The number of hydrogen-bond donors (Lipinski definition) is 2. The second-order valence-electron chi connectivity index (χ2n) is 8.29. The number of carbonyl (C=O) groups is 3. The second-order valence-corrected chi connectivity index (χ2v) is 12.2. The van der Waals surface area contributed by atoms with Crippen LogP contribution in [-0.4, -0.2) is 57.9 Å². The molecule has 0 spiro atoms. The molecule has 4 rings (SSSR count). The van der Waals surface area contributed by atoms with E-state index in [1.54, 1.807) is 0 Å². The van der Waals surface area contributed by atoms with Crippen LogP contribution in [0.3, 0.4) is 0 Å². The van der Waals surface area contributed by atoms with Crippen LogP contribution < -0.4 is 14.8 Å². The van der Waals surface area contributed by atoms with Crippen LogP contribution in [0.5, 0.6) is 5.75 Å². The SMILES string of the molecule is CC(=O)c1ccc(S(=O)(=O)N2CCCCC2C(=O)NS(=O)(=O)c2cc3c(cc2Cl)NC(=O)CO3)cc1. The van der Waals surface area contributed by atoms with Gasteiger partial charge in [-0.3, -0.25) is 14.4 Å². The van der Waals surface area contributed by atoms with E-state index >= 15 is 0 Å². The summed E-state index contributed by atoms with van der Waals surface area (Å²) in [7, 11) is -8.68. The highest BCUT2D eigenvalue weighted by molar-refractivity contribution is 7.90. The normalized spacial score (nSPS) is 18.5. The standard InChI is InChI=1S/C22H22ClN3O8S2/c1-13(27)14-5-7-15(8-6-14)36(32,33)26-9-3-2-4-18(26)22(29)25-35(30,31)20-11-19-17(10-16(20)23)24-21(28)12-34-19/h5-8,10-11,18H,2-4,9,12H2,1H3,(H,24,28)(H,25,29). The third kappa shape index (κ3) is 5.09. The van der Waals surface area contributed by atoms with Gasteiger partial charge < -0.3 is 10.1 Å². The van der Waals surface area contributed by atoms with Crippen LogP contribution in [0.25, 0.3) is 0 Å². The number of Topliss-reactive ketones (excluding diaryl/α,β-unsaturated/α-hetero) is 1. The predicted molar refractivity (Wildman–Crippen MR) is 129 cm³/mol. The summed E-state index contributed by atoms with van der Waals surface area (Å²) in [4.78, 5) is 35.5. The maximum absolute atomic E-state index is 13.3. The molecule has 36 heavy (non-hydrogen) atoms. The summed E-state index contributed by atoms with van der Waals surface area (Å²) in [5, 5.41) is 2.23. The van der Waals surface area contributed by atoms with Gasteiger partial charge in [0, 0.05) is 18.2 Å². The fraction of sp³-hybridized carbons (Fsp3) is 0.318. The van der Waals surface area contributed by atoms with Crippen molar-refractivity contribution in [3.8, 4) is 5.75 Å². The zero-order valence-electron chi connectivity index (χ0n) is 19.0. The van der Waals surface area contributed by atoms with Gasteiger partial charge in [0.25, 0.3) is 21.8 Å². The maximum atomic E-state index is 13.3. The van der Waals surface area contributed by atoms with Crippen molar-refractivity contribution in [3.05, 3.63) is 47.0 Å². The number of nitrogens with zero attached hydrogens (tertiary/aromatic N) is 1. The zero-order chi connectivity index (χ0) is 26.3. The van der Waals surface area contributed by atoms with Crippen LogP contribution in [0.4, 0.5) is 5.69 Å². The molecular formula is C22H22ClN3O8S2. The highest BCUT2D eigenvalue weighted by atomic mass is 35.5. The van der Waals surface area contributed by atoms with Crippen LogP contribution in [-0.2, 0) is 29.6 Å². The molecule has 2 aliphatic heterocycles. The first kappa shape index (κ1) is 26.1. The van der Waals surface area contributed by atoms with Gasteiger partial charge >= 0.3 is 0 Å². The van der Waals surface area contributed by atoms with Gasteiger partial charge in [-0.05, 0) is 38.0 Å². The third-order valence-electron chi connectivity index (χ3n) is 5.82. The first-order valence-electron chi connectivity index (χ1n) is 10.9.